The number of hydrogen-bond acceptors (Lipinski definition) is 4. The van der Waals surface area contributed by atoms with E-state index in [-0.39, 0.29) is 5.91 Å². The molecule has 1 aromatic heterocycles. The Kier molecular flexibility index (Phi) is 4.77. The molecular weight excluding hydrogens is 316 g/mol. The standard InChI is InChI=1S/C19H16N4O2/c1-14(25-18-6-3-2-5-15(18)13-20)19(24)22-16-7-9-17(10-8-16)23-12-4-11-21-23/h2-12,14H,1H3,(H,22,24). The fraction of sp³-hybridized carbons (Fsp3) is 0.105. The van der Waals surface area contributed by atoms with Crippen molar-refractivity contribution in [2.75, 3.05) is 5.32 Å². The minimum atomic E-state index is -0.736. The van der Waals surface area contributed by atoms with E-state index >= 15 is 0 Å². The summed E-state index contributed by atoms with van der Waals surface area (Å²) in [6.07, 6.45) is 2.81. The summed E-state index contributed by atoms with van der Waals surface area (Å²) >= 11 is 0. The van der Waals surface area contributed by atoms with Gasteiger partial charge in [0.15, 0.2) is 6.10 Å². The van der Waals surface area contributed by atoms with Crippen molar-refractivity contribution in [2.45, 2.75) is 13.0 Å². The normalized spacial score (nSPS) is 11.4. The zero-order chi connectivity index (χ0) is 17.6. The highest BCUT2D eigenvalue weighted by atomic mass is 16.5. The molecule has 1 heterocycles. The number of amides is 1. The van der Waals surface area contributed by atoms with Crippen LogP contribution < -0.4 is 10.1 Å². The summed E-state index contributed by atoms with van der Waals surface area (Å²) in [6, 6.07) is 18.0. The van der Waals surface area contributed by atoms with Crippen LogP contribution in [-0.4, -0.2) is 21.8 Å². The molecule has 1 unspecified atom stereocenters. The SMILES string of the molecule is CC(Oc1ccccc1C#N)C(=O)Nc1ccc(-n2cccn2)cc1. The number of anilines is 1. The van der Waals surface area contributed by atoms with Crippen LogP contribution in [0.1, 0.15) is 12.5 Å². The molecular formula is C19H16N4O2. The molecule has 6 heteroatoms. The van der Waals surface area contributed by atoms with Gasteiger partial charge in [-0.05, 0) is 49.4 Å². The Bertz CT molecular complexity index is 896. The number of rotatable bonds is 5. The van der Waals surface area contributed by atoms with E-state index in [1.165, 1.54) is 0 Å². The maximum Gasteiger partial charge on any atom is 0.265 e. The lowest BCUT2D eigenvalue weighted by Crippen LogP contribution is -2.30. The number of ether oxygens (including phenoxy) is 1. The Morgan fingerprint density at radius 2 is 1.96 bits per heavy atom. The average Bonchev–Trinajstić information content (AvgIpc) is 3.17. The molecule has 0 bridgehead atoms. The van der Waals surface area contributed by atoms with Crippen molar-refractivity contribution in [3.8, 4) is 17.5 Å². The van der Waals surface area contributed by atoms with Crippen LogP contribution in [0.3, 0.4) is 0 Å². The van der Waals surface area contributed by atoms with Gasteiger partial charge >= 0.3 is 0 Å². The van der Waals surface area contributed by atoms with Gasteiger partial charge in [0, 0.05) is 18.1 Å². The summed E-state index contributed by atoms with van der Waals surface area (Å²) < 4.78 is 7.34. The lowest BCUT2D eigenvalue weighted by Gasteiger charge is -2.15. The van der Waals surface area contributed by atoms with Crippen molar-refractivity contribution < 1.29 is 9.53 Å². The van der Waals surface area contributed by atoms with Gasteiger partial charge in [-0.1, -0.05) is 12.1 Å². The third-order valence-corrected chi connectivity index (χ3v) is 3.58. The highest BCUT2D eigenvalue weighted by Gasteiger charge is 2.16. The summed E-state index contributed by atoms with van der Waals surface area (Å²) in [7, 11) is 0. The van der Waals surface area contributed by atoms with Crippen molar-refractivity contribution >= 4 is 11.6 Å². The fourth-order valence-electron chi connectivity index (χ4n) is 2.27. The highest BCUT2D eigenvalue weighted by Crippen LogP contribution is 2.19. The van der Waals surface area contributed by atoms with Crippen LogP contribution in [0.15, 0.2) is 67.0 Å². The number of para-hydroxylation sites is 1. The van der Waals surface area contributed by atoms with Crippen molar-refractivity contribution in [3.05, 3.63) is 72.6 Å². The first-order valence-corrected chi connectivity index (χ1v) is 7.74. The topological polar surface area (TPSA) is 79.9 Å². The van der Waals surface area contributed by atoms with Gasteiger partial charge < -0.3 is 10.1 Å². The number of nitrogens with one attached hydrogen (secondary N) is 1. The Labute approximate surface area is 145 Å². The second-order valence-corrected chi connectivity index (χ2v) is 5.35. The molecule has 1 N–H and O–H groups in total. The van der Waals surface area contributed by atoms with Gasteiger partial charge in [0.1, 0.15) is 11.8 Å². The predicted molar refractivity (Wildman–Crippen MR) is 93.4 cm³/mol. The van der Waals surface area contributed by atoms with Gasteiger partial charge in [0.2, 0.25) is 0 Å². The van der Waals surface area contributed by atoms with Crippen LogP contribution in [0.25, 0.3) is 5.69 Å². The van der Waals surface area contributed by atoms with E-state index in [9.17, 15) is 4.79 Å². The van der Waals surface area contributed by atoms with Gasteiger partial charge in [-0.3, -0.25) is 4.79 Å². The molecule has 1 amide bonds. The summed E-state index contributed by atoms with van der Waals surface area (Å²) in [5, 5.41) is 16.0. The summed E-state index contributed by atoms with van der Waals surface area (Å²) in [6.45, 7) is 1.64. The van der Waals surface area contributed by atoms with Crippen molar-refractivity contribution in [1.29, 1.82) is 5.26 Å². The quantitative estimate of drug-likeness (QED) is 0.778. The number of carbonyl (C=O) groups excluding carboxylic acids is 1. The number of nitrogens with zero attached hydrogens (tertiary/aromatic N) is 3. The molecule has 2 aromatic carbocycles. The van der Waals surface area contributed by atoms with Crippen LogP contribution in [0.5, 0.6) is 5.75 Å². The number of aromatic nitrogens is 2. The first kappa shape index (κ1) is 16.3. The van der Waals surface area contributed by atoms with Gasteiger partial charge in [0.05, 0.1) is 11.3 Å². The maximum atomic E-state index is 12.3. The molecule has 0 spiro atoms. The fourth-order valence-corrected chi connectivity index (χ4v) is 2.27. The zero-order valence-electron chi connectivity index (χ0n) is 13.6. The summed E-state index contributed by atoms with van der Waals surface area (Å²) in [4.78, 5) is 12.3. The Hall–Kier alpha value is -3.59. The van der Waals surface area contributed by atoms with Gasteiger partial charge in [0.25, 0.3) is 5.91 Å². The van der Waals surface area contributed by atoms with Crippen LogP contribution in [0.2, 0.25) is 0 Å². The molecule has 124 valence electrons. The Morgan fingerprint density at radius 3 is 2.64 bits per heavy atom. The lowest BCUT2D eigenvalue weighted by molar-refractivity contribution is -0.122. The number of hydrogen-bond donors (Lipinski definition) is 1. The van der Waals surface area contributed by atoms with Gasteiger partial charge in [-0.25, -0.2) is 4.68 Å². The van der Waals surface area contributed by atoms with E-state index in [4.69, 9.17) is 10.00 Å². The minimum Gasteiger partial charge on any atom is -0.480 e. The molecule has 25 heavy (non-hydrogen) atoms. The van der Waals surface area contributed by atoms with Crippen LogP contribution in [0, 0.1) is 11.3 Å². The molecule has 0 saturated carbocycles. The summed E-state index contributed by atoms with van der Waals surface area (Å²) in [5.41, 5.74) is 1.95. The van der Waals surface area contributed by atoms with E-state index in [1.807, 2.05) is 30.5 Å². The average molecular weight is 332 g/mol. The minimum absolute atomic E-state index is 0.292. The van der Waals surface area contributed by atoms with E-state index in [1.54, 1.807) is 54.2 Å². The molecule has 3 rings (SSSR count). The first-order valence-electron chi connectivity index (χ1n) is 7.74. The predicted octanol–water partition coefficient (Wildman–Crippen LogP) is 3.15. The Balaban J connectivity index is 1.64. The number of carbonyl (C=O) groups is 1. The second kappa shape index (κ2) is 7.32. The summed E-state index contributed by atoms with van der Waals surface area (Å²) in [5.74, 6) is 0.0984. The molecule has 0 aliphatic carbocycles. The van der Waals surface area contributed by atoms with E-state index in [2.05, 4.69) is 10.4 Å². The van der Waals surface area contributed by atoms with Crippen molar-refractivity contribution in [2.24, 2.45) is 0 Å². The molecule has 0 aliphatic heterocycles. The highest BCUT2D eigenvalue weighted by molar-refractivity contribution is 5.94. The number of benzene rings is 2. The van der Waals surface area contributed by atoms with Gasteiger partial charge in [-0.2, -0.15) is 10.4 Å². The van der Waals surface area contributed by atoms with Crippen LogP contribution >= 0.6 is 0 Å². The second-order valence-electron chi connectivity index (χ2n) is 5.35. The van der Waals surface area contributed by atoms with Crippen LogP contribution in [-0.2, 0) is 4.79 Å². The molecule has 1 atom stereocenters. The van der Waals surface area contributed by atoms with E-state index in [0.29, 0.717) is 17.0 Å². The van der Waals surface area contributed by atoms with Crippen molar-refractivity contribution in [3.63, 3.8) is 0 Å². The molecule has 6 nitrogen and oxygen atoms in total. The van der Waals surface area contributed by atoms with Crippen molar-refractivity contribution in [1.82, 2.24) is 9.78 Å². The molecule has 0 saturated heterocycles. The third kappa shape index (κ3) is 3.85. The molecule has 0 fully saturated rings. The largest absolute Gasteiger partial charge is 0.480 e. The van der Waals surface area contributed by atoms with Gasteiger partial charge in [-0.15, -0.1) is 0 Å². The Morgan fingerprint density at radius 1 is 1.20 bits per heavy atom. The number of nitriles is 1. The molecule has 0 aliphatic rings. The monoisotopic (exact) mass is 332 g/mol. The van der Waals surface area contributed by atoms with E-state index < -0.39 is 6.10 Å². The first-order chi connectivity index (χ1) is 12.2. The van der Waals surface area contributed by atoms with E-state index in [0.717, 1.165) is 5.69 Å². The maximum absolute atomic E-state index is 12.3. The lowest BCUT2D eigenvalue weighted by atomic mass is 10.2. The zero-order valence-corrected chi connectivity index (χ0v) is 13.6. The molecule has 3 aromatic rings. The smallest absolute Gasteiger partial charge is 0.265 e. The van der Waals surface area contributed by atoms with Crippen LogP contribution in [0.4, 0.5) is 5.69 Å². The third-order valence-electron chi connectivity index (χ3n) is 3.58. The molecule has 0 radical (unpaired) electrons.